The van der Waals surface area contributed by atoms with Gasteiger partial charge < -0.3 is 9.80 Å². The van der Waals surface area contributed by atoms with Gasteiger partial charge in [-0.05, 0) is 31.4 Å². The fourth-order valence-electron chi connectivity index (χ4n) is 3.74. The summed E-state index contributed by atoms with van der Waals surface area (Å²) in [7, 11) is 0. The van der Waals surface area contributed by atoms with Gasteiger partial charge in [0.15, 0.2) is 0 Å². The molecule has 2 amide bonds. The van der Waals surface area contributed by atoms with Crippen LogP contribution in [0.2, 0.25) is 5.02 Å². The minimum Gasteiger partial charge on any atom is -0.341 e. The van der Waals surface area contributed by atoms with Gasteiger partial charge in [0, 0.05) is 18.8 Å². The zero-order valence-corrected chi connectivity index (χ0v) is 16.9. The lowest BCUT2D eigenvalue weighted by Gasteiger charge is -2.31. The highest BCUT2D eigenvalue weighted by Crippen LogP contribution is 2.36. The highest BCUT2D eigenvalue weighted by Gasteiger charge is 2.43. The molecule has 142 valence electrons. The van der Waals surface area contributed by atoms with Gasteiger partial charge in [-0.15, -0.1) is 11.8 Å². The smallest absolute Gasteiger partial charge is 0.256 e. The van der Waals surface area contributed by atoms with Gasteiger partial charge >= 0.3 is 0 Å². The van der Waals surface area contributed by atoms with Crippen LogP contribution in [0, 0.1) is 0 Å². The van der Waals surface area contributed by atoms with Crippen molar-refractivity contribution in [2.45, 2.75) is 56.9 Å². The van der Waals surface area contributed by atoms with Gasteiger partial charge in [0.25, 0.3) is 5.91 Å². The van der Waals surface area contributed by atoms with Crippen LogP contribution in [-0.2, 0) is 4.79 Å². The van der Waals surface area contributed by atoms with E-state index in [0.717, 1.165) is 51.6 Å². The highest BCUT2D eigenvalue weighted by molar-refractivity contribution is 8.00. The molecule has 0 saturated carbocycles. The van der Waals surface area contributed by atoms with Gasteiger partial charge in [-0.1, -0.05) is 49.9 Å². The summed E-state index contributed by atoms with van der Waals surface area (Å²) in [6, 6.07) is 6.78. The third kappa shape index (κ3) is 4.20. The van der Waals surface area contributed by atoms with Gasteiger partial charge in [-0.3, -0.25) is 9.59 Å². The Labute approximate surface area is 165 Å². The van der Waals surface area contributed by atoms with E-state index in [2.05, 4.69) is 6.92 Å². The molecular formula is C20H27ClN2O2S. The number of hydrogen-bond donors (Lipinski definition) is 0. The van der Waals surface area contributed by atoms with E-state index in [9.17, 15) is 9.59 Å². The zero-order chi connectivity index (χ0) is 18.5. The second kappa shape index (κ2) is 9.14. The molecule has 0 N–H and O–H groups in total. The number of carbonyl (C=O) groups excluding carboxylic acids is 2. The summed E-state index contributed by atoms with van der Waals surface area (Å²) in [6.45, 7) is 3.80. The molecule has 0 aromatic heterocycles. The lowest BCUT2D eigenvalue weighted by Crippen LogP contribution is -2.50. The predicted octanol–water partition coefficient (Wildman–Crippen LogP) is 4.43. The van der Waals surface area contributed by atoms with Crippen LogP contribution in [0.4, 0.5) is 0 Å². The summed E-state index contributed by atoms with van der Waals surface area (Å²) >= 11 is 8.02. The van der Waals surface area contributed by atoms with Crippen molar-refractivity contribution in [2.75, 3.05) is 18.8 Å². The number of amides is 2. The largest absolute Gasteiger partial charge is 0.341 e. The number of benzene rings is 1. The molecule has 2 heterocycles. The summed E-state index contributed by atoms with van der Waals surface area (Å²) in [5.41, 5.74) is 0.497. The molecule has 6 heteroatoms. The number of carbonyl (C=O) groups is 2. The van der Waals surface area contributed by atoms with Crippen LogP contribution in [0.25, 0.3) is 0 Å². The fraction of sp³-hybridized carbons (Fsp3) is 0.600. The molecule has 1 aromatic rings. The van der Waals surface area contributed by atoms with Crippen LogP contribution >= 0.6 is 23.4 Å². The van der Waals surface area contributed by atoms with Gasteiger partial charge in [-0.25, -0.2) is 0 Å². The average molecular weight is 395 g/mol. The van der Waals surface area contributed by atoms with Crippen molar-refractivity contribution in [3.05, 3.63) is 34.9 Å². The first kappa shape index (κ1) is 19.6. The van der Waals surface area contributed by atoms with Crippen LogP contribution in [-0.4, -0.2) is 51.9 Å². The normalized spacial score (nSPS) is 22.8. The minimum atomic E-state index is -0.367. The lowest BCUT2D eigenvalue weighted by atomic mass is 10.1. The molecule has 2 fully saturated rings. The maximum atomic E-state index is 13.3. The predicted molar refractivity (Wildman–Crippen MR) is 108 cm³/mol. The van der Waals surface area contributed by atoms with E-state index in [4.69, 9.17) is 11.6 Å². The van der Waals surface area contributed by atoms with Crippen molar-refractivity contribution in [3.63, 3.8) is 0 Å². The summed E-state index contributed by atoms with van der Waals surface area (Å²) in [6.07, 6.45) is 6.42. The first-order valence-corrected chi connectivity index (χ1v) is 11.0. The van der Waals surface area contributed by atoms with Crippen molar-refractivity contribution in [2.24, 2.45) is 0 Å². The summed E-state index contributed by atoms with van der Waals surface area (Å²) in [4.78, 5) is 30.1. The van der Waals surface area contributed by atoms with Crippen LogP contribution in [0.1, 0.15) is 55.8 Å². The molecule has 0 aliphatic carbocycles. The molecule has 4 nitrogen and oxygen atoms in total. The maximum Gasteiger partial charge on any atom is 0.256 e. The molecule has 0 spiro atoms. The quantitative estimate of drug-likeness (QED) is 0.670. The second-order valence-corrected chi connectivity index (χ2v) is 8.64. The monoisotopic (exact) mass is 394 g/mol. The van der Waals surface area contributed by atoms with E-state index in [0.29, 0.717) is 16.3 Å². The van der Waals surface area contributed by atoms with E-state index in [-0.39, 0.29) is 23.2 Å². The van der Waals surface area contributed by atoms with Crippen molar-refractivity contribution < 1.29 is 9.59 Å². The van der Waals surface area contributed by atoms with Crippen LogP contribution in [0.5, 0.6) is 0 Å². The van der Waals surface area contributed by atoms with Gasteiger partial charge in [0.2, 0.25) is 5.91 Å². The summed E-state index contributed by atoms with van der Waals surface area (Å²) < 4.78 is 0. The van der Waals surface area contributed by atoms with E-state index in [1.54, 1.807) is 23.9 Å². The van der Waals surface area contributed by atoms with Gasteiger partial charge in [0.1, 0.15) is 6.04 Å². The standard InChI is InChI=1S/C20H27ClN2O2S/c1-2-3-4-11-18-23(19(24)15-9-5-6-10-16(15)21)17(14-26-18)20(25)22-12-7-8-13-22/h5-6,9-10,17-18H,2-4,7-8,11-14H2,1H3. The highest BCUT2D eigenvalue weighted by atomic mass is 35.5. The minimum absolute atomic E-state index is 0.0573. The van der Waals surface area contributed by atoms with E-state index < -0.39 is 0 Å². The second-order valence-electron chi connectivity index (χ2n) is 7.02. The molecule has 0 radical (unpaired) electrons. The molecule has 2 aliphatic rings. The summed E-state index contributed by atoms with van der Waals surface area (Å²) in [5.74, 6) is 0.676. The Hall–Kier alpha value is -1.20. The molecule has 26 heavy (non-hydrogen) atoms. The third-order valence-electron chi connectivity index (χ3n) is 5.19. The van der Waals surface area contributed by atoms with Crippen LogP contribution in [0.3, 0.4) is 0 Å². The summed E-state index contributed by atoms with van der Waals surface area (Å²) in [5, 5.41) is 0.510. The first-order valence-electron chi connectivity index (χ1n) is 9.61. The van der Waals surface area contributed by atoms with E-state index >= 15 is 0 Å². The molecular weight excluding hydrogens is 368 g/mol. The molecule has 0 bridgehead atoms. The lowest BCUT2D eigenvalue weighted by molar-refractivity contribution is -0.134. The van der Waals surface area contributed by atoms with E-state index in [1.165, 1.54) is 0 Å². The Balaban J connectivity index is 1.82. The van der Waals surface area contributed by atoms with Crippen molar-refractivity contribution in [1.82, 2.24) is 9.80 Å². The maximum absolute atomic E-state index is 13.3. The number of hydrogen-bond acceptors (Lipinski definition) is 3. The Morgan fingerprint density at radius 3 is 2.62 bits per heavy atom. The Kier molecular flexibility index (Phi) is 6.87. The van der Waals surface area contributed by atoms with Crippen LogP contribution < -0.4 is 0 Å². The third-order valence-corrected chi connectivity index (χ3v) is 6.87. The van der Waals surface area contributed by atoms with Crippen molar-refractivity contribution in [3.8, 4) is 0 Å². The average Bonchev–Trinajstić information content (AvgIpc) is 3.31. The van der Waals surface area contributed by atoms with Gasteiger partial charge in [0.05, 0.1) is 16.0 Å². The molecule has 2 unspecified atom stereocenters. The number of halogens is 1. The molecule has 2 saturated heterocycles. The zero-order valence-electron chi connectivity index (χ0n) is 15.3. The topological polar surface area (TPSA) is 40.6 Å². The Morgan fingerprint density at radius 1 is 1.19 bits per heavy atom. The fourth-order valence-corrected chi connectivity index (χ4v) is 5.40. The number of likely N-dealkylation sites (tertiary alicyclic amines) is 1. The number of rotatable bonds is 6. The first-order chi connectivity index (χ1) is 12.6. The van der Waals surface area contributed by atoms with E-state index in [1.807, 2.05) is 21.9 Å². The number of unbranched alkanes of at least 4 members (excludes halogenated alkanes) is 2. The molecule has 3 rings (SSSR count). The number of nitrogens with zero attached hydrogens (tertiary/aromatic N) is 2. The molecule has 2 atom stereocenters. The molecule has 2 aliphatic heterocycles. The SMILES string of the molecule is CCCCCC1SCC(C(=O)N2CCCC2)N1C(=O)c1ccccc1Cl. The van der Waals surface area contributed by atoms with Crippen LogP contribution in [0.15, 0.2) is 24.3 Å². The van der Waals surface area contributed by atoms with Crippen molar-refractivity contribution in [1.29, 1.82) is 0 Å². The Morgan fingerprint density at radius 2 is 1.92 bits per heavy atom. The molecule has 1 aromatic carbocycles. The Bertz CT molecular complexity index is 648. The number of thioether (sulfide) groups is 1. The van der Waals surface area contributed by atoms with Crippen molar-refractivity contribution >= 4 is 35.2 Å². The van der Waals surface area contributed by atoms with Gasteiger partial charge in [-0.2, -0.15) is 0 Å².